The maximum absolute atomic E-state index is 14.6. The molecule has 9 aliphatic heterocycles. The van der Waals surface area contributed by atoms with E-state index in [0.29, 0.717) is 41.9 Å². The zero-order valence-corrected chi connectivity index (χ0v) is 54.1. The van der Waals surface area contributed by atoms with E-state index in [0.717, 1.165) is 20.8 Å². The van der Waals surface area contributed by atoms with Crippen LogP contribution in [0.25, 0.3) is 0 Å². The molecule has 1 aromatic rings. The second-order valence-electron chi connectivity index (χ2n) is 24.1. The van der Waals surface area contributed by atoms with E-state index in [9.17, 15) is 103 Å². The molecule has 0 radical (unpaired) electrons. The van der Waals surface area contributed by atoms with Gasteiger partial charge in [-0.1, -0.05) is 40.2 Å². The summed E-state index contributed by atoms with van der Waals surface area (Å²) in [6.45, 7) is 10.1. The fourth-order valence-electron chi connectivity index (χ4n) is 10.8. The zero-order valence-electron chi connectivity index (χ0n) is 53.4. The van der Waals surface area contributed by atoms with Crippen molar-refractivity contribution in [3.63, 3.8) is 0 Å². The van der Waals surface area contributed by atoms with Gasteiger partial charge in [0, 0.05) is 30.9 Å². The number of ether oxygens (including phenoxy) is 5. The summed E-state index contributed by atoms with van der Waals surface area (Å²) in [4.78, 5) is 55.9. The van der Waals surface area contributed by atoms with Crippen molar-refractivity contribution >= 4 is 41.0 Å². The topological polar surface area (TPSA) is 448 Å². The average Bonchev–Trinajstić information content (AvgIpc) is 1.65. The molecule has 17 N–H and O–H groups in total. The third-order valence-corrected chi connectivity index (χ3v) is 17.5. The van der Waals surface area contributed by atoms with Crippen molar-refractivity contribution in [1.82, 2.24) is 45.1 Å². The number of aliphatic hydroxyl groups is 10. The number of hydrogen-bond donors (Lipinski definition) is 15. The lowest BCUT2D eigenvalue weighted by molar-refractivity contribution is -0.145. The number of anilines is 1. The first kappa shape index (κ1) is 82.6. The second kappa shape index (κ2) is 33.4. The number of hydrogen-bond acceptors (Lipinski definition) is 27. The summed E-state index contributed by atoms with van der Waals surface area (Å²) in [6, 6.07) is 0. The maximum Gasteiger partial charge on any atom is 0.351 e. The molecule has 10 rings (SSSR count). The van der Waals surface area contributed by atoms with Gasteiger partial charge in [0.15, 0.2) is 90.4 Å². The molecule has 0 unspecified atom stereocenters. The molecule has 9 aliphatic rings. The van der Waals surface area contributed by atoms with E-state index in [1.165, 1.54) is 23.4 Å². The van der Waals surface area contributed by atoms with Crippen LogP contribution in [0, 0.1) is 11.7 Å². The highest BCUT2D eigenvalue weighted by molar-refractivity contribution is 6.18. The van der Waals surface area contributed by atoms with E-state index in [4.69, 9.17) is 62.1 Å². The lowest BCUT2D eigenvalue weighted by Crippen LogP contribution is -2.47. The Kier molecular flexibility index (Phi) is 27.3. The van der Waals surface area contributed by atoms with Crippen molar-refractivity contribution in [3.8, 4) is 0 Å². The fourth-order valence-corrected chi connectivity index (χ4v) is 11.1. The van der Waals surface area contributed by atoms with Crippen molar-refractivity contribution in [2.75, 3.05) is 64.7 Å². The van der Waals surface area contributed by atoms with Crippen molar-refractivity contribution in [2.24, 2.45) is 16.6 Å². The zero-order chi connectivity index (χ0) is 75.9. The highest BCUT2D eigenvalue weighted by Gasteiger charge is 2.62. The van der Waals surface area contributed by atoms with Crippen molar-refractivity contribution in [2.45, 2.75) is 147 Å². The lowest BCUT2D eigenvalue weighted by Gasteiger charge is -2.33. The predicted molar refractivity (Wildman–Crippen MR) is 325 cm³/mol. The quantitative estimate of drug-likeness (QED) is 0.0598. The Morgan fingerprint density at radius 3 is 1.29 bits per heavy atom. The van der Waals surface area contributed by atoms with Gasteiger partial charge in [0.1, 0.15) is 90.9 Å². The Morgan fingerprint density at radius 1 is 0.554 bits per heavy atom. The van der Waals surface area contributed by atoms with Crippen LogP contribution in [-0.2, 0) is 38.1 Å². The number of nitrogens with two attached hydrogens (primary N) is 2. The number of alkyl halides is 9. The molecule has 0 spiro atoms. The van der Waals surface area contributed by atoms with Crippen molar-refractivity contribution in [3.05, 3.63) is 121 Å². The summed E-state index contributed by atoms with van der Waals surface area (Å²) in [6.07, 6.45) is -17.9. The van der Waals surface area contributed by atoms with E-state index in [2.05, 4.69) is 46.9 Å². The predicted octanol–water partition coefficient (Wildman–Crippen LogP) is -1.90. The maximum atomic E-state index is 14.6. The number of carbonyl (C=O) groups is 3. The van der Waals surface area contributed by atoms with Crippen molar-refractivity contribution in [1.29, 1.82) is 0 Å². The van der Waals surface area contributed by atoms with Gasteiger partial charge in [-0.05, 0) is 24.8 Å². The normalized spacial score (nSPS) is 36.7. The summed E-state index contributed by atoms with van der Waals surface area (Å²) in [5.41, 5.74) is 0.161. The molecule has 5 fully saturated rings. The average molecular weight is 1490 g/mol. The van der Waals surface area contributed by atoms with Gasteiger partial charge in [-0.25, -0.2) is 49.3 Å². The number of rotatable bonds is 17. The van der Waals surface area contributed by atoms with Gasteiger partial charge in [-0.2, -0.15) is 13.8 Å². The van der Waals surface area contributed by atoms with Crippen LogP contribution in [0.3, 0.4) is 0 Å². The number of aliphatic hydroxyl groups excluding tert-OH is 10. The Balaban J connectivity index is 0.000000199. The summed E-state index contributed by atoms with van der Waals surface area (Å²) >= 11 is 5.61. The van der Waals surface area contributed by atoms with Crippen LogP contribution >= 0.6 is 11.6 Å². The van der Waals surface area contributed by atoms with Gasteiger partial charge in [0.2, 0.25) is 11.7 Å². The molecule has 0 aliphatic carbocycles. The smallest absolute Gasteiger partial charge is 0.351 e. The van der Waals surface area contributed by atoms with Crippen molar-refractivity contribution < 1.29 is 137 Å². The Hall–Kier alpha value is -7.40. The molecule has 566 valence electrons. The number of nitrogens with zero attached hydrogens (tertiary/aromatic N) is 7. The molecule has 43 heteroatoms. The fraction of sp³-hybridized carbons (Fsp3) is 0.586. The molecule has 0 aromatic carbocycles. The monoisotopic (exact) mass is 1490 g/mol. The van der Waals surface area contributed by atoms with Gasteiger partial charge in [-0.15, -0.1) is 11.6 Å². The molecule has 20 atom stereocenters. The second-order valence-corrected chi connectivity index (χ2v) is 24.4. The summed E-state index contributed by atoms with van der Waals surface area (Å²) in [5.74, 6) is -6.43. The first-order chi connectivity index (χ1) is 47.3. The minimum Gasteiger partial charge on any atom is -0.393 e. The van der Waals surface area contributed by atoms with Crippen LogP contribution in [0.15, 0.2) is 114 Å². The minimum atomic E-state index is -2.25. The van der Waals surface area contributed by atoms with Crippen LogP contribution in [0.5, 0.6) is 0 Å². The molecule has 10 heterocycles. The van der Waals surface area contributed by atoms with E-state index in [1.54, 1.807) is 0 Å². The first-order valence-corrected chi connectivity index (χ1v) is 30.5. The van der Waals surface area contributed by atoms with Crippen LogP contribution in [-0.4, -0.2) is 277 Å². The number of amides is 3. The molecular formula is C58H76ClF11N12O19. The number of amidine groups is 1. The van der Waals surface area contributed by atoms with Crippen LogP contribution in [0.1, 0.15) is 32.9 Å². The minimum absolute atomic E-state index is 0.0416. The molecule has 101 heavy (non-hydrogen) atoms. The van der Waals surface area contributed by atoms with E-state index in [1.807, 2.05) is 19.2 Å². The SMILES string of the molecule is C=C1N=C(N)C=CN1[C@@H]1O[C@@](CO)(CCC(C)C)[C@@H](O)[C@H]1F.C=C1NC(=O)C(F)=CN1[C@@H]1O[C@@](CO)(CCl)[C@@H](O)[C@H]1F.C=C1NC(=O)C(F)=CN1[C@@H]1O[C@@](CO)(CF)[C@@H](O)[C@H]1F.C=C1NC(=O)C=CN1[C@@H]1O[C@@](CO)(CF)[C@@H](O)[C@H]1F.Nc1nc(=O)n([C@@H]2O[C@@](CO)(CF)[C@@H](O)[C@H]2F)cc1F. The lowest BCUT2D eigenvalue weighted by atomic mass is 9.89. The molecule has 0 bridgehead atoms. The number of aromatic nitrogens is 2. The Morgan fingerprint density at radius 2 is 0.911 bits per heavy atom. The standard InChI is InChI=1S/C15H24FN3O3.C11H13ClF2N2O4.C11H13F3N2O4.C11H14F2N2O4.C10H12F3N3O4/c1-9(2)4-6-15(8-20)13(21)12(16)14(22-15)19-7-5-11(17)18-10(19)3;2*1-5-15-9(19)6(13)2-16(5)10-7(14)8(18)11(3-12,4-17)20-10;1-6-14-7(17)2-3-15(6)10-8(13)9(18)11(4-12,5-16)19-10;11-2-10(3-17)6(18)5(13)8(20-10)16-1-4(12)7(14)15-9(16)19/h5,7,9,12-14,20-21H,3-4,6,8H2,1-2H3,(H2,17,18);2*2,7-8,10,17-18H,1,3-4H2,(H,15,19);2-3,8-10,16,18H,1,4-5H2,(H,14,17);1,5-6,8,17-18H,2-3H2,(H2,14,15,19)/t12-,13+,14-,15-;2*7-,8+,10-,11-;8-,9+,10-,11-;5-,6+,8-,10-/m11111/s1. The Labute approximate surface area is 571 Å². The number of halogens is 12. The molecule has 31 nitrogen and oxygen atoms in total. The van der Waals surface area contributed by atoms with E-state index < -0.39 is 220 Å². The number of nitrogen functional groups attached to an aromatic ring is 1. The van der Waals surface area contributed by atoms with Gasteiger partial charge in [0.25, 0.3) is 17.7 Å². The molecule has 1 aromatic heterocycles. The molecular weight excluding hydrogens is 1410 g/mol. The summed E-state index contributed by atoms with van der Waals surface area (Å²) in [5, 5.41) is 102. The third-order valence-electron chi connectivity index (χ3n) is 17.0. The summed E-state index contributed by atoms with van der Waals surface area (Å²) in [7, 11) is 0. The summed E-state index contributed by atoms with van der Waals surface area (Å²) < 4.78 is 176. The van der Waals surface area contributed by atoms with E-state index in [-0.39, 0.29) is 35.0 Å². The molecule has 3 amide bonds. The highest BCUT2D eigenvalue weighted by Crippen LogP contribution is 2.44. The number of nitrogens with one attached hydrogen (secondary N) is 3. The van der Waals surface area contributed by atoms with Gasteiger partial charge in [0.05, 0.1) is 45.1 Å². The van der Waals surface area contributed by atoms with Crippen LogP contribution < -0.4 is 33.1 Å². The van der Waals surface area contributed by atoms with Crippen LogP contribution in [0.4, 0.5) is 54.1 Å². The van der Waals surface area contributed by atoms with Gasteiger partial charge < -0.3 is 122 Å². The highest BCUT2D eigenvalue weighted by atomic mass is 35.5. The third kappa shape index (κ3) is 16.5. The molecule has 5 saturated heterocycles. The first-order valence-electron chi connectivity index (χ1n) is 29.9. The molecule has 0 saturated carbocycles. The largest absolute Gasteiger partial charge is 0.393 e. The number of carbonyl (C=O) groups excluding carboxylic acids is 3. The van der Waals surface area contributed by atoms with Gasteiger partial charge >= 0.3 is 5.69 Å². The van der Waals surface area contributed by atoms with Gasteiger partial charge in [-0.3, -0.25) is 19.0 Å². The van der Waals surface area contributed by atoms with Crippen LogP contribution in [0.2, 0.25) is 0 Å². The Bertz CT molecular complexity index is 3340. The van der Waals surface area contributed by atoms with E-state index >= 15 is 0 Å². The number of aliphatic imine (C=N–C) groups is 1.